The second-order valence-electron chi connectivity index (χ2n) is 11.1. The molecule has 3 aromatic carbocycles. The Morgan fingerprint density at radius 1 is 0.842 bits per heavy atom. The average Bonchev–Trinajstić information content (AvgIpc) is 2.81. The Kier molecular flexibility index (Phi) is 4.95. The van der Waals surface area contributed by atoms with Crippen LogP contribution < -0.4 is 0 Å². The quantitative estimate of drug-likeness (QED) is 0.316. The van der Waals surface area contributed by atoms with Gasteiger partial charge in [-0.3, -0.25) is 4.79 Å². The summed E-state index contributed by atoms with van der Waals surface area (Å²) in [5, 5.41) is 54.3. The Balaban J connectivity index is 1.59. The number of carbonyl (C=O) groups is 2. The van der Waals surface area contributed by atoms with Crippen molar-refractivity contribution in [2.24, 2.45) is 0 Å². The van der Waals surface area contributed by atoms with Gasteiger partial charge in [0.2, 0.25) is 11.6 Å². The maximum absolute atomic E-state index is 13.6. The number of aromatic hydroxyl groups is 4. The summed E-state index contributed by atoms with van der Waals surface area (Å²) in [6, 6.07) is 6.09. The number of phenols is 4. The van der Waals surface area contributed by atoms with E-state index >= 15 is 0 Å². The molecule has 2 aliphatic carbocycles. The summed E-state index contributed by atoms with van der Waals surface area (Å²) in [5.74, 6) is -4.05. The molecule has 0 bridgehead atoms. The lowest BCUT2D eigenvalue weighted by Gasteiger charge is -2.37. The van der Waals surface area contributed by atoms with Crippen molar-refractivity contribution in [1.29, 1.82) is 0 Å². The van der Waals surface area contributed by atoms with E-state index in [9.17, 15) is 35.1 Å². The van der Waals surface area contributed by atoms with Crippen molar-refractivity contribution in [1.82, 2.24) is 0 Å². The van der Waals surface area contributed by atoms with Crippen LogP contribution in [0.3, 0.4) is 0 Å². The number of cyclic esters (lactones) is 1. The molecule has 196 valence electrons. The third-order valence-electron chi connectivity index (χ3n) is 8.28. The van der Waals surface area contributed by atoms with E-state index in [-0.39, 0.29) is 52.5 Å². The lowest BCUT2D eigenvalue weighted by atomic mass is 9.66. The number of esters is 1. The lowest BCUT2D eigenvalue weighted by Crippen LogP contribution is -2.41. The normalized spacial score (nSPS) is 20.5. The van der Waals surface area contributed by atoms with E-state index < -0.39 is 23.0 Å². The van der Waals surface area contributed by atoms with Crippen molar-refractivity contribution >= 4 is 11.8 Å². The third-order valence-corrected chi connectivity index (χ3v) is 8.28. The van der Waals surface area contributed by atoms with Crippen LogP contribution in [0.2, 0.25) is 0 Å². The van der Waals surface area contributed by atoms with Gasteiger partial charge < -0.3 is 30.3 Å². The predicted octanol–water partition coefficient (Wildman–Crippen LogP) is 4.35. The number of hydrogen-bond donors (Lipinski definition) is 5. The first kappa shape index (κ1) is 24.3. The summed E-state index contributed by atoms with van der Waals surface area (Å²) in [6.45, 7) is 5.53. The van der Waals surface area contributed by atoms with Crippen LogP contribution in [-0.2, 0) is 29.4 Å². The summed E-state index contributed by atoms with van der Waals surface area (Å²) < 4.78 is 5.34. The summed E-state index contributed by atoms with van der Waals surface area (Å²) in [4.78, 5) is 26.5. The molecule has 0 amide bonds. The molecular weight excluding hydrogens is 488 g/mol. The van der Waals surface area contributed by atoms with Gasteiger partial charge in [0.15, 0.2) is 0 Å². The van der Waals surface area contributed by atoms with Gasteiger partial charge in [0.05, 0.1) is 11.1 Å². The fourth-order valence-electron chi connectivity index (χ4n) is 6.52. The van der Waals surface area contributed by atoms with Crippen LogP contribution in [0.5, 0.6) is 23.0 Å². The van der Waals surface area contributed by atoms with E-state index in [2.05, 4.69) is 0 Å². The summed E-state index contributed by atoms with van der Waals surface area (Å²) in [6.07, 6.45) is 1.77. The number of hydrogen-bond acceptors (Lipinski definition) is 8. The van der Waals surface area contributed by atoms with Gasteiger partial charge >= 0.3 is 5.97 Å². The van der Waals surface area contributed by atoms with Crippen molar-refractivity contribution in [2.45, 2.75) is 64.1 Å². The molecular formula is C30H28O8. The predicted molar refractivity (Wildman–Crippen MR) is 137 cm³/mol. The number of phenolic OH excluding ortho intramolecular Hbond substituents is 4. The number of carbonyl (C=O) groups excluding carboxylic acids is 2. The van der Waals surface area contributed by atoms with Crippen LogP contribution in [0.1, 0.15) is 87.7 Å². The molecule has 0 spiro atoms. The van der Waals surface area contributed by atoms with Crippen LogP contribution in [0.25, 0.3) is 11.1 Å². The molecule has 0 fully saturated rings. The van der Waals surface area contributed by atoms with Gasteiger partial charge in [-0.15, -0.1) is 0 Å². The average molecular weight is 517 g/mol. The topological polar surface area (TPSA) is 145 Å². The van der Waals surface area contributed by atoms with Crippen molar-refractivity contribution in [3.05, 3.63) is 68.8 Å². The Bertz CT molecular complexity index is 1600. The van der Waals surface area contributed by atoms with Gasteiger partial charge in [-0.05, 0) is 59.2 Å². The monoisotopic (exact) mass is 516 g/mol. The largest absolute Gasteiger partial charge is 0.508 e. The molecule has 0 saturated carbocycles. The Labute approximate surface area is 218 Å². The highest BCUT2D eigenvalue weighted by molar-refractivity contribution is 6.17. The fraction of sp³-hybridized carbons (Fsp3) is 0.333. The molecule has 0 saturated heterocycles. The lowest BCUT2D eigenvalue weighted by molar-refractivity contribution is -0.173. The maximum Gasteiger partial charge on any atom is 0.344 e. The zero-order valence-corrected chi connectivity index (χ0v) is 21.3. The first-order valence-electron chi connectivity index (χ1n) is 12.7. The van der Waals surface area contributed by atoms with Crippen LogP contribution in [0, 0.1) is 0 Å². The zero-order chi connectivity index (χ0) is 27.3. The molecule has 6 rings (SSSR count). The van der Waals surface area contributed by atoms with Crippen molar-refractivity contribution in [3.8, 4) is 34.1 Å². The zero-order valence-electron chi connectivity index (χ0n) is 21.3. The number of aryl methyl sites for hydroxylation is 1. The first-order valence-corrected chi connectivity index (χ1v) is 12.7. The molecule has 0 aromatic heterocycles. The molecule has 1 aliphatic heterocycles. The number of rotatable bonds is 2. The summed E-state index contributed by atoms with van der Waals surface area (Å²) in [7, 11) is 0. The minimum Gasteiger partial charge on any atom is -0.508 e. The van der Waals surface area contributed by atoms with E-state index in [1.807, 2.05) is 26.8 Å². The van der Waals surface area contributed by atoms with Gasteiger partial charge in [-0.2, -0.15) is 0 Å². The van der Waals surface area contributed by atoms with Crippen LogP contribution in [0.15, 0.2) is 24.3 Å². The molecule has 3 aromatic rings. The van der Waals surface area contributed by atoms with E-state index in [4.69, 9.17) is 4.74 Å². The van der Waals surface area contributed by atoms with Crippen LogP contribution in [-0.4, -0.2) is 43.1 Å². The number of ether oxygens (including phenoxy) is 1. The Morgan fingerprint density at radius 3 is 2.26 bits per heavy atom. The first-order chi connectivity index (χ1) is 17.9. The standard InChI is InChI=1S/C30H28O8/c1-4-7-30(37)12-14-8-13-5-6-16-17(21(13)26(34)22(14)28(36)38-30)11-19-24(25(16)33)27(35)23-18(29(19,2)3)9-15(31)10-20(23)32/h8-11,31-34,37H,4-7,12H2,1-3H3. The third kappa shape index (κ3) is 3.13. The molecule has 1 heterocycles. The van der Waals surface area contributed by atoms with Crippen molar-refractivity contribution in [2.75, 3.05) is 0 Å². The van der Waals surface area contributed by atoms with E-state index in [0.29, 0.717) is 52.6 Å². The molecule has 5 N–H and O–H groups in total. The van der Waals surface area contributed by atoms with Crippen molar-refractivity contribution in [3.63, 3.8) is 0 Å². The SMILES string of the molecule is CCCC1(O)Cc2cc3c(c(O)c2C(=O)O1)-c1cc2c(c(O)c1CC3)C(=O)c1c(O)cc(O)cc1C2(C)C. The smallest absolute Gasteiger partial charge is 0.344 e. The highest BCUT2D eigenvalue weighted by Gasteiger charge is 2.44. The van der Waals surface area contributed by atoms with Crippen molar-refractivity contribution < 1.29 is 39.9 Å². The maximum atomic E-state index is 13.6. The Hall–Kier alpha value is -4.04. The number of benzene rings is 3. The van der Waals surface area contributed by atoms with E-state index in [1.165, 1.54) is 6.07 Å². The van der Waals surface area contributed by atoms with Gasteiger partial charge in [0.25, 0.3) is 0 Å². The number of ketones is 1. The molecule has 1 unspecified atom stereocenters. The summed E-state index contributed by atoms with van der Waals surface area (Å²) in [5.41, 5.74) is 2.70. The summed E-state index contributed by atoms with van der Waals surface area (Å²) >= 11 is 0. The molecule has 8 heteroatoms. The van der Waals surface area contributed by atoms with E-state index in [0.717, 1.165) is 11.6 Å². The minimum absolute atomic E-state index is 0.00915. The fourth-order valence-corrected chi connectivity index (χ4v) is 6.52. The van der Waals surface area contributed by atoms with Crippen LogP contribution in [0.4, 0.5) is 0 Å². The molecule has 38 heavy (non-hydrogen) atoms. The molecule has 8 nitrogen and oxygen atoms in total. The highest BCUT2D eigenvalue weighted by Crippen LogP contribution is 2.54. The highest BCUT2D eigenvalue weighted by atomic mass is 16.7. The van der Waals surface area contributed by atoms with Gasteiger partial charge in [-0.25, -0.2) is 4.79 Å². The number of fused-ring (bicyclic) bond motifs is 6. The van der Waals surface area contributed by atoms with Gasteiger partial charge in [0, 0.05) is 35.4 Å². The van der Waals surface area contributed by atoms with E-state index in [1.54, 1.807) is 6.07 Å². The van der Waals surface area contributed by atoms with Crippen LogP contribution >= 0.6 is 0 Å². The molecule has 3 aliphatic rings. The second-order valence-corrected chi connectivity index (χ2v) is 11.1. The Morgan fingerprint density at radius 2 is 1.55 bits per heavy atom. The van der Waals surface area contributed by atoms with Gasteiger partial charge in [0.1, 0.15) is 28.6 Å². The molecule has 0 radical (unpaired) electrons. The number of aliphatic hydroxyl groups is 1. The molecule has 1 atom stereocenters. The van der Waals surface area contributed by atoms with Gasteiger partial charge in [-0.1, -0.05) is 26.8 Å². The minimum atomic E-state index is -1.63. The second kappa shape index (κ2) is 7.74.